The maximum atomic E-state index is 12.5. The molecule has 0 spiro atoms. The molecule has 22 heavy (non-hydrogen) atoms. The summed E-state index contributed by atoms with van der Waals surface area (Å²) in [5, 5.41) is 7.69. The van der Waals surface area contributed by atoms with Gasteiger partial charge in [-0.25, -0.2) is 4.98 Å². The van der Waals surface area contributed by atoms with E-state index in [9.17, 15) is 4.79 Å². The number of thiazole rings is 1. The van der Waals surface area contributed by atoms with Crippen molar-refractivity contribution in [3.05, 3.63) is 35.3 Å². The Morgan fingerprint density at radius 2 is 2.23 bits per heavy atom. The number of benzene rings is 1. The molecule has 0 aliphatic rings. The third-order valence-electron chi connectivity index (χ3n) is 3.52. The van der Waals surface area contributed by atoms with Gasteiger partial charge in [-0.2, -0.15) is 0 Å². The van der Waals surface area contributed by atoms with E-state index >= 15 is 0 Å². The van der Waals surface area contributed by atoms with Gasteiger partial charge in [0.25, 0.3) is 5.91 Å². The van der Waals surface area contributed by atoms with Crippen LogP contribution in [0.5, 0.6) is 0 Å². The smallest absolute Gasteiger partial charge is 0.253 e. The molecule has 1 aromatic carbocycles. The van der Waals surface area contributed by atoms with Gasteiger partial charge in [0, 0.05) is 30.2 Å². The molecule has 0 radical (unpaired) electrons. The van der Waals surface area contributed by atoms with Crippen LogP contribution in [0.25, 0.3) is 21.7 Å². The van der Waals surface area contributed by atoms with Crippen molar-refractivity contribution in [2.75, 3.05) is 13.1 Å². The van der Waals surface area contributed by atoms with E-state index < -0.39 is 0 Å². The Morgan fingerprint density at radius 1 is 1.36 bits per heavy atom. The summed E-state index contributed by atoms with van der Waals surface area (Å²) in [6, 6.07) is 5.48. The lowest BCUT2D eigenvalue weighted by Gasteiger charge is -2.19. The molecule has 2 aromatic heterocycles. The summed E-state index contributed by atoms with van der Waals surface area (Å²) in [7, 11) is 0. The minimum Gasteiger partial charge on any atom is -0.356 e. The average Bonchev–Trinajstić information content (AvgIpc) is 3.19. The Hall–Kier alpha value is -2.21. The third kappa shape index (κ3) is 2.62. The zero-order valence-corrected chi connectivity index (χ0v) is 13.4. The van der Waals surface area contributed by atoms with E-state index in [1.165, 1.54) is 11.3 Å². The summed E-state index contributed by atoms with van der Waals surface area (Å²) in [4.78, 5) is 18.6. The van der Waals surface area contributed by atoms with E-state index in [-0.39, 0.29) is 5.91 Å². The van der Waals surface area contributed by atoms with Crippen LogP contribution in [-0.4, -0.2) is 34.0 Å². The molecular weight excluding hydrogens is 298 g/mol. The highest BCUT2D eigenvalue weighted by Gasteiger charge is 2.17. The molecule has 0 bridgehead atoms. The van der Waals surface area contributed by atoms with Crippen LogP contribution in [0.3, 0.4) is 0 Å². The van der Waals surface area contributed by atoms with Gasteiger partial charge in [0.15, 0.2) is 5.58 Å². The number of carbonyl (C=O) groups is 1. The van der Waals surface area contributed by atoms with E-state index in [0.29, 0.717) is 17.7 Å². The molecule has 114 valence electrons. The molecule has 0 aliphatic carbocycles. The lowest BCUT2D eigenvalue weighted by Crippen LogP contribution is -2.31. The summed E-state index contributed by atoms with van der Waals surface area (Å²) >= 11 is 1.51. The minimum absolute atomic E-state index is 0.0263. The summed E-state index contributed by atoms with van der Waals surface area (Å²) in [6.07, 6.45) is 2.68. The second kappa shape index (κ2) is 6.27. The van der Waals surface area contributed by atoms with Crippen LogP contribution in [0.15, 0.2) is 34.3 Å². The molecule has 5 nitrogen and oxygen atoms in total. The van der Waals surface area contributed by atoms with Crippen LogP contribution in [0.4, 0.5) is 0 Å². The van der Waals surface area contributed by atoms with Crippen LogP contribution in [0, 0.1) is 0 Å². The quantitative estimate of drug-likeness (QED) is 0.718. The molecule has 0 saturated heterocycles. The molecular formula is C16H17N3O2S. The van der Waals surface area contributed by atoms with Gasteiger partial charge >= 0.3 is 0 Å². The highest BCUT2D eigenvalue weighted by molar-refractivity contribution is 7.13. The van der Waals surface area contributed by atoms with Gasteiger partial charge in [-0.3, -0.25) is 4.79 Å². The Bertz CT molecular complexity index is 780. The fourth-order valence-electron chi connectivity index (χ4n) is 2.42. The SMILES string of the molecule is CCCN(CC)C(=O)c1ccc2c(-c3nccs3)noc2c1. The molecule has 3 rings (SSSR count). The summed E-state index contributed by atoms with van der Waals surface area (Å²) in [5.41, 5.74) is 1.97. The fourth-order valence-corrected chi connectivity index (χ4v) is 3.05. The lowest BCUT2D eigenvalue weighted by atomic mass is 10.1. The van der Waals surface area contributed by atoms with E-state index in [1.54, 1.807) is 12.3 Å². The van der Waals surface area contributed by atoms with Crippen molar-refractivity contribution >= 4 is 28.2 Å². The van der Waals surface area contributed by atoms with Crippen molar-refractivity contribution < 1.29 is 9.32 Å². The van der Waals surface area contributed by atoms with Crippen molar-refractivity contribution in [3.63, 3.8) is 0 Å². The first-order chi connectivity index (χ1) is 10.7. The zero-order chi connectivity index (χ0) is 15.5. The number of hydrogen-bond donors (Lipinski definition) is 0. The van der Waals surface area contributed by atoms with Gasteiger partial charge in [-0.05, 0) is 31.5 Å². The van der Waals surface area contributed by atoms with Gasteiger partial charge < -0.3 is 9.42 Å². The summed E-state index contributed by atoms with van der Waals surface area (Å²) in [6.45, 7) is 5.51. The topological polar surface area (TPSA) is 59.2 Å². The monoisotopic (exact) mass is 315 g/mol. The molecule has 0 N–H and O–H groups in total. The first-order valence-electron chi connectivity index (χ1n) is 7.33. The van der Waals surface area contributed by atoms with Crippen molar-refractivity contribution in [2.45, 2.75) is 20.3 Å². The van der Waals surface area contributed by atoms with Gasteiger partial charge in [0.1, 0.15) is 10.7 Å². The van der Waals surface area contributed by atoms with Crippen LogP contribution in [-0.2, 0) is 0 Å². The first kappa shape index (κ1) is 14.7. The Balaban J connectivity index is 1.96. The van der Waals surface area contributed by atoms with Crippen molar-refractivity contribution in [2.24, 2.45) is 0 Å². The van der Waals surface area contributed by atoms with Gasteiger partial charge in [0.2, 0.25) is 0 Å². The van der Waals surface area contributed by atoms with E-state index in [4.69, 9.17) is 4.52 Å². The maximum absolute atomic E-state index is 12.5. The molecule has 0 atom stereocenters. The van der Waals surface area contributed by atoms with Gasteiger partial charge in [-0.1, -0.05) is 12.1 Å². The predicted molar refractivity (Wildman–Crippen MR) is 87.0 cm³/mol. The van der Waals surface area contributed by atoms with Crippen molar-refractivity contribution in [3.8, 4) is 10.7 Å². The Morgan fingerprint density at radius 3 is 2.91 bits per heavy atom. The maximum Gasteiger partial charge on any atom is 0.253 e. The molecule has 0 fully saturated rings. The highest BCUT2D eigenvalue weighted by atomic mass is 32.1. The zero-order valence-electron chi connectivity index (χ0n) is 12.6. The molecule has 0 unspecified atom stereocenters. The fraction of sp³-hybridized carbons (Fsp3) is 0.312. The van der Waals surface area contributed by atoms with Crippen molar-refractivity contribution in [1.82, 2.24) is 15.0 Å². The van der Waals surface area contributed by atoms with E-state index in [2.05, 4.69) is 17.1 Å². The molecule has 1 amide bonds. The summed E-state index contributed by atoms with van der Waals surface area (Å²) < 4.78 is 5.38. The number of rotatable bonds is 5. The molecule has 2 heterocycles. The standard InChI is InChI=1S/C16H17N3O2S/c1-3-8-19(4-2)16(20)11-5-6-12-13(10-11)21-18-14(12)15-17-7-9-22-15/h5-7,9-10H,3-4,8H2,1-2H3. The second-order valence-corrected chi connectivity index (χ2v) is 5.86. The number of fused-ring (bicyclic) bond motifs is 1. The number of hydrogen-bond acceptors (Lipinski definition) is 5. The van der Waals surface area contributed by atoms with Crippen LogP contribution >= 0.6 is 11.3 Å². The molecule has 3 aromatic rings. The largest absolute Gasteiger partial charge is 0.356 e. The van der Waals surface area contributed by atoms with Crippen molar-refractivity contribution in [1.29, 1.82) is 0 Å². The predicted octanol–water partition coefficient (Wildman–Crippen LogP) is 3.82. The average molecular weight is 315 g/mol. The molecule has 6 heteroatoms. The normalized spacial score (nSPS) is 11.0. The number of carbonyl (C=O) groups excluding carboxylic acids is 1. The number of amides is 1. The minimum atomic E-state index is 0.0263. The van der Waals surface area contributed by atoms with Gasteiger partial charge in [-0.15, -0.1) is 11.3 Å². The van der Waals surface area contributed by atoms with Gasteiger partial charge in [0.05, 0.1) is 5.39 Å². The summed E-state index contributed by atoms with van der Waals surface area (Å²) in [5.74, 6) is 0.0263. The van der Waals surface area contributed by atoms with E-state index in [1.807, 2.05) is 29.3 Å². The first-order valence-corrected chi connectivity index (χ1v) is 8.21. The Labute approximate surface area is 132 Å². The molecule has 0 saturated carbocycles. The highest BCUT2D eigenvalue weighted by Crippen LogP contribution is 2.29. The third-order valence-corrected chi connectivity index (χ3v) is 4.30. The van der Waals surface area contributed by atoms with Crippen LogP contribution < -0.4 is 0 Å². The number of aromatic nitrogens is 2. The second-order valence-electron chi connectivity index (χ2n) is 4.96. The Kier molecular flexibility index (Phi) is 4.20. The lowest BCUT2D eigenvalue weighted by molar-refractivity contribution is 0.0764. The number of nitrogens with zero attached hydrogens (tertiary/aromatic N) is 3. The van der Waals surface area contributed by atoms with Crippen LogP contribution in [0.2, 0.25) is 0 Å². The van der Waals surface area contributed by atoms with E-state index in [0.717, 1.165) is 29.1 Å². The molecule has 0 aliphatic heterocycles. The van der Waals surface area contributed by atoms with Crippen LogP contribution in [0.1, 0.15) is 30.6 Å².